The lowest BCUT2D eigenvalue weighted by Crippen LogP contribution is -2.44. The van der Waals surface area contributed by atoms with Crippen LogP contribution < -0.4 is 5.32 Å². The van der Waals surface area contributed by atoms with Crippen molar-refractivity contribution in [2.24, 2.45) is 0 Å². The third-order valence-corrected chi connectivity index (χ3v) is 3.31. The predicted molar refractivity (Wildman–Crippen MR) is 86.6 cm³/mol. The topological polar surface area (TPSA) is 78.6 Å². The van der Waals surface area contributed by atoms with Gasteiger partial charge in [0.2, 0.25) is 0 Å². The summed E-state index contributed by atoms with van der Waals surface area (Å²) >= 11 is 0. The smallest absolute Gasteiger partial charge is 0.311 e. The highest BCUT2D eigenvalue weighted by Crippen LogP contribution is 2.31. The van der Waals surface area contributed by atoms with Gasteiger partial charge in [-0.25, -0.2) is 0 Å². The van der Waals surface area contributed by atoms with Gasteiger partial charge in [-0.1, -0.05) is 12.1 Å². The summed E-state index contributed by atoms with van der Waals surface area (Å²) in [6.45, 7) is 7.33. The van der Waals surface area contributed by atoms with Crippen LogP contribution in [-0.2, 0) is 0 Å². The summed E-state index contributed by atoms with van der Waals surface area (Å²) in [6, 6.07) is 4.42. The third kappa shape index (κ3) is 4.57. The van der Waals surface area contributed by atoms with Crippen LogP contribution in [0.4, 0.5) is 5.69 Å². The van der Waals surface area contributed by atoms with Gasteiger partial charge in [-0.2, -0.15) is 0 Å². The molecule has 1 atom stereocenters. The minimum atomic E-state index is -0.573. The van der Waals surface area contributed by atoms with E-state index in [1.807, 2.05) is 0 Å². The van der Waals surface area contributed by atoms with E-state index in [4.69, 9.17) is 0 Å². The van der Waals surface area contributed by atoms with Crippen molar-refractivity contribution in [2.45, 2.75) is 6.04 Å². The first-order chi connectivity index (χ1) is 9.13. The summed E-state index contributed by atoms with van der Waals surface area (Å²) in [6.07, 6.45) is 1.78. The molecular formula is C13H19Cl2N3O3. The molecule has 8 heteroatoms. The molecule has 2 rings (SSSR count). The number of rotatable bonds is 4. The van der Waals surface area contributed by atoms with Gasteiger partial charge in [0.25, 0.3) is 0 Å². The summed E-state index contributed by atoms with van der Waals surface area (Å²) in [4.78, 5) is 12.5. The van der Waals surface area contributed by atoms with Crippen LogP contribution in [0.5, 0.6) is 5.75 Å². The van der Waals surface area contributed by atoms with E-state index in [0.29, 0.717) is 0 Å². The van der Waals surface area contributed by atoms with Gasteiger partial charge in [-0.3, -0.25) is 15.0 Å². The molecule has 1 heterocycles. The summed E-state index contributed by atoms with van der Waals surface area (Å²) in [5.74, 6) is -0.308. The van der Waals surface area contributed by atoms with Gasteiger partial charge in [0.15, 0.2) is 5.75 Å². The maximum Gasteiger partial charge on any atom is 0.311 e. The first-order valence-corrected chi connectivity index (χ1v) is 6.18. The minimum Gasteiger partial charge on any atom is -0.502 e. The first-order valence-electron chi connectivity index (χ1n) is 6.18. The molecule has 1 aromatic carbocycles. The van der Waals surface area contributed by atoms with E-state index in [0.717, 1.165) is 31.7 Å². The molecule has 0 spiro atoms. The molecule has 2 N–H and O–H groups in total. The van der Waals surface area contributed by atoms with Gasteiger partial charge in [-0.05, 0) is 11.6 Å². The zero-order chi connectivity index (χ0) is 13.8. The molecule has 1 saturated heterocycles. The van der Waals surface area contributed by atoms with Crippen molar-refractivity contribution in [3.8, 4) is 5.75 Å². The Kier molecular flexibility index (Phi) is 8.27. The number of hydrogen-bond acceptors (Lipinski definition) is 5. The largest absolute Gasteiger partial charge is 0.502 e. The number of phenols is 1. The Morgan fingerprint density at radius 1 is 1.38 bits per heavy atom. The van der Waals surface area contributed by atoms with Gasteiger partial charge >= 0.3 is 5.69 Å². The molecule has 1 aromatic rings. The fourth-order valence-corrected chi connectivity index (χ4v) is 2.33. The second-order valence-electron chi connectivity index (χ2n) is 4.47. The second kappa shape index (κ2) is 8.84. The minimum absolute atomic E-state index is 0. The van der Waals surface area contributed by atoms with E-state index in [-0.39, 0.29) is 42.3 Å². The number of nitrogens with zero attached hydrogens (tertiary/aromatic N) is 2. The molecule has 0 unspecified atom stereocenters. The average Bonchev–Trinajstić information content (AvgIpc) is 2.42. The highest BCUT2D eigenvalue weighted by Gasteiger charge is 2.22. The van der Waals surface area contributed by atoms with Gasteiger partial charge in [0.1, 0.15) is 0 Å². The normalized spacial score (nSPS) is 16.2. The molecule has 118 valence electrons. The number of nitrogens with one attached hydrogen (secondary N) is 1. The molecule has 0 aromatic heterocycles. The zero-order valence-corrected chi connectivity index (χ0v) is 13.0. The SMILES string of the molecule is C=C[C@@H](c1ccc(O)c([N+](=O)[O-])c1)N1CCNCC1.Cl.Cl. The maximum absolute atomic E-state index is 10.9. The van der Waals surface area contributed by atoms with Gasteiger partial charge in [0.05, 0.1) is 11.0 Å². The van der Waals surface area contributed by atoms with E-state index in [2.05, 4.69) is 16.8 Å². The van der Waals surface area contributed by atoms with Crippen molar-refractivity contribution in [1.82, 2.24) is 10.2 Å². The molecule has 0 saturated carbocycles. The standard InChI is InChI=1S/C13H17N3O3.2ClH/c1-2-11(15-7-5-14-6-8-15)10-3-4-13(17)12(9-10)16(18)19;;/h2-4,9,11,14,17H,1,5-8H2;2*1H/t11-;;/m0../s1. The summed E-state index contributed by atoms with van der Waals surface area (Å²) in [5.41, 5.74) is 0.515. The summed E-state index contributed by atoms with van der Waals surface area (Å²) in [7, 11) is 0. The lowest BCUT2D eigenvalue weighted by atomic mass is 10.0. The number of piperazine rings is 1. The molecule has 0 bridgehead atoms. The van der Waals surface area contributed by atoms with Gasteiger partial charge < -0.3 is 10.4 Å². The summed E-state index contributed by atoms with van der Waals surface area (Å²) in [5, 5.41) is 23.6. The van der Waals surface area contributed by atoms with E-state index >= 15 is 0 Å². The van der Waals surface area contributed by atoms with Crippen molar-refractivity contribution in [3.05, 3.63) is 46.5 Å². The van der Waals surface area contributed by atoms with Crippen molar-refractivity contribution in [2.75, 3.05) is 26.2 Å². The molecular weight excluding hydrogens is 317 g/mol. The number of phenolic OH excluding ortho intramolecular Hbond substituents is 1. The Bertz CT molecular complexity index is 494. The Hall–Kier alpha value is -1.34. The molecule has 21 heavy (non-hydrogen) atoms. The molecule has 0 aliphatic carbocycles. The van der Waals surface area contributed by atoms with Crippen LogP contribution in [0.3, 0.4) is 0 Å². The van der Waals surface area contributed by atoms with Gasteiger partial charge in [0, 0.05) is 32.2 Å². The molecule has 0 radical (unpaired) electrons. The Morgan fingerprint density at radius 2 is 2.00 bits per heavy atom. The summed E-state index contributed by atoms with van der Waals surface area (Å²) < 4.78 is 0. The number of hydrogen-bond donors (Lipinski definition) is 2. The van der Waals surface area contributed by atoms with Crippen molar-refractivity contribution in [3.63, 3.8) is 0 Å². The van der Waals surface area contributed by atoms with E-state index in [1.165, 1.54) is 12.1 Å². The fourth-order valence-electron chi connectivity index (χ4n) is 2.33. The Morgan fingerprint density at radius 3 is 2.52 bits per heavy atom. The number of nitro benzene ring substituents is 1. The first kappa shape index (κ1) is 19.7. The maximum atomic E-state index is 10.9. The van der Waals surface area contributed by atoms with Crippen LogP contribution in [0.1, 0.15) is 11.6 Å². The highest BCUT2D eigenvalue weighted by atomic mass is 35.5. The lowest BCUT2D eigenvalue weighted by molar-refractivity contribution is -0.385. The number of aromatic hydroxyl groups is 1. The molecule has 6 nitrogen and oxygen atoms in total. The monoisotopic (exact) mass is 335 g/mol. The highest BCUT2D eigenvalue weighted by molar-refractivity contribution is 5.85. The van der Waals surface area contributed by atoms with Gasteiger partial charge in [-0.15, -0.1) is 31.4 Å². The van der Waals surface area contributed by atoms with Crippen molar-refractivity contribution in [1.29, 1.82) is 0 Å². The Balaban J connectivity index is 0.00000200. The van der Waals surface area contributed by atoms with E-state index < -0.39 is 4.92 Å². The molecule has 1 aliphatic rings. The van der Waals surface area contributed by atoms with E-state index in [1.54, 1.807) is 12.1 Å². The van der Waals surface area contributed by atoms with E-state index in [9.17, 15) is 15.2 Å². The van der Waals surface area contributed by atoms with Crippen LogP contribution in [0.2, 0.25) is 0 Å². The molecule has 0 amide bonds. The van der Waals surface area contributed by atoms with Crippen LogP contribution in [0.25, 0.3) is 0 Å². The van der Waals surface area contributed by atoms with Crippen LogP contribution in [-0.4, -0.2) is 41.1 Å². The zero-order valence-electron chi connectivity index (χ0n) is 11.4. The number of benzene rings is 1. The molecule has 1 fully saturated rings. The molecule has 1 aliphatic heterocycles. The number of nitro groups is 1. The lowest BCUT2D eigenvalue weighted by Gasteiger charge is -2.33. The van der Waals surface area contributed by atoms with Crippen LogP contribution in [0.15, 0.2) is 30.9 Å². The number of halogens is 2. The second-order valence-corrected chi connectivity index (χ2v) is 4.47. The quantitative estimate of drug-likeness (QED) is 0.501. The fraction of sp³-hybridized carbons (Fsp3) is 0.385. The predicted octanol–water partition coefficient (Wildman–Crippen LogP) is 2.28. The third-order valence-electron chi connectivity index (χ3n) is 3.31. The van der Waals surface area contributed by atoms with Crippen LogP contribution >= 0.6 is 24.8 Å². The van der Waals surface area contributed by atoms with Crippen LogP contribution in [0, 0.1) is 10.1 Å². The Labute approximate surface area is 135 Å². The van der Waals surface area contributed by atoms with Crippen molar-refractivity contribution < 1.29 is 10.0 Å². The van der Waals surface area contributed by atoms with Crippen molar-refractivity contribution >= 4 is 30.5 Å². The average molecular weight is 336 g/mol.